The Balaban J connectivity index is 1.84. The number of aromatic nitrogens is 4. The average molecular weight is 279 g/mol. The average Bonchev–Trinajstić information content (AvgIpc) is 3.09. The molecule has 1 aliphatic rings. The molecule has 5 nitrogen and oxygen atoms in total. The minimum atomic E-state index is 0.465. The van der Waals surface area contributed by atoms with Crippen molar-refractivity contribution in [1.29, 1.82) is 0 Å². The topological polar surface area (TPSA) is 69.1 Å². The predicted molar refractivity (Wildman–Crippen MR) is 76.6 cm³/mol. The molecule has 0 saturated heterocycles. The third-order valence-electron chi connectivity index (χ3n) is 4.01. The smallest absolute Gasteiger partial charge is 0.234 e. The van der Waals surface area contributed by atoms with Gasteiger partial charge < -0.3 is 5.73 Å². The van der Waals surface area contributed by atoms with E-state index in [-0.39, 0.29) is 0 Å². The third kappa shape index (κ3) is 2.51. The zero-order chi connectivity index (χ0) is 13.2. The van der Waals surface area contributed by atoms with Gasteiger partial charge in [-0.1, -0.05) is 31.1 Å². The normalized spacial score (nSPS) is 18.4. The van der Waals surface area contributed by atoms with Crippen LogP contribution in [0, 0.1) is 0 Å². The number of nitrogens with two attached hydrogens (primary N) is 1. The fourth-order valence-corrected chi connectivity index (χ4v) is 3.76. The zero-order valence-electron chi connectivity index (χ0n) is 11.4. The quantitative estimate of drug-likeness (QED) is 0.913. The summed E-state index contributed by atoms with van der Waals surface area (Å²) < 4.78 is 1.98. The molecule has 3 rings (SSSR count). The molecule has 0 amide bonds. The van der Waals surface area contributed by atoms with E-state index in [9.17, 15) is 0 Å². The second-order valence-corrected chi connectivity index (χ2v) is 6.49. The van der Waals surface area contributed by atoms with Crippen molar-refractivity contribution < 1.29 is 0 Å². The van der Waals surface area contributed by atoms with Crippen molar-refractivity contribution in [3.05, 3.63) is 10.8 Å². The summed E-state index contributed by atoms with van der Waals surface area (Å²) in [5.41, 5.74) is 5.57. The third-order valence-corrected chi connectivity index (χ3v) is 5.14. The van der Waals surface area contributed by atoms with Crippen LogP contribution in [0.2, 0.25) is 0 Å². The van der Waals surface area contributed by atoms with Crippen molar-refractivity contribution in [2.45, 2.75) is 57.3 Å². The van der Waals surface area contributed by atoms with Crippen LogP contribution in [0.1, 0.15) is 68.1 Å². The van der Waals surface area contributed by atoms with Gasteiger partial charge in [0, 0.05) is 11.8 Å². The van der Waals surface area contributed by atoms with Crippen molar-refractivity contribution in [3.8, 4) is 0 Å². The van der Waals surface area contributed by atoms with Gasteiger partial charge in [0.05, 0.1) is 0 Å². The standard InChI is InChI=1S/C13H21N5S/c1-9(5-4-8-14)12-17-18-11(10-6-2-3-7-10)15-16-13(18)19-12/h9-10H,2-8,14H2,1H3. The zero-order valence-corrected chi connectivity index (χ0v) is 12.2. The van der Waals surface area contributed by atoms with Gasteiger partial charge in [-0.05, 0) is 32.2 Å². The van der Waals surface area contributed by atoms with Crippen molar-refractivity contribution in [3.63, 3.8) is 0 Å². The Hall–Kier alpha value is -1.01. The van der Waals surface area contributed by atoms with Crippen LogP contribution < -0.4 is 5.73 Å². The van der Waals surface area contributed by atoms with Gasteiger partial charge in [-0.2, -0.15) is 9.61 Å². The highest BCUT2D eigenvalue weighted by Gasteiger charge is 2.24. The molecule has 2 heterocycles. The van der Waals surface area contributed by atoms with Gasteiger partial charge in [-0.3, -0.25) is 0 Å². The van der Waals surface area contributed by atoms with Crippen LogP contribution in [0.4, 0.5) is 0 Å². The molecule has 0 aromatic carbocycles. The Morgan fingerprint density at radius 2 is 2.16 bits per heavy atom. The molecule has 0 spiro atoms. The molecule has 1 unspecified atom stereocenters. The SMILES string of the molecule is CC(CCCN)c1nn2c(C3CCCC3)nnc2s1. The van der Waals surface area contributed by atoms with E-state index >= 15 is 0 Å². The number of rotatable bonds is 5. The first-order chi connectivity index (χ1) is 9.29. The van der Waals surface area contributed by atoms with Gasteiger partial charge in [-0.15, -0.1) is 10.2 Å². The maximum Gasteiger partial charge on any atom is 0.234 e. The van der Waals surface area contributed by atoms with E-state index in [4.69, 9.17) is 10.8 Å². The van der Waals surface area contributed by atoms with Gasteiger partial charge in [0.1, 0.15) is 5.01 Å². The lowest BCUT2D eigenvalue weighted by Crippen LogP contribution is -2.04. The first kappa shape index (κ1) is 13.0. The highest BCUT2D eigenvalue weighted by atomic mass is 32.1. The molecule has 2 N–H and O–H groups in total. The molecule has 6 heteroatoms. The van der Waals surface area contributed by atoms with E-state index in [1.54, 1.807) is 11.3 Å². The van der Waals surface area contributed by atoms with Gasteiger partial charge in [0.25, 0.3) is 0 Å². The first-order valence-corrected chi connectivity index (χ1v) is 8.03. The van der Waals surface area contributed by atoms with E-state index in [0.29, 0.717) is 11.8 Å². The Morgan fingerprint density at radius 1 is 1.37 bits per heavy atom. The van der Waals surface area contributed by atoms with Crippen LogP contribution in [-0.2, 0) is 0 Å². The summed E-state index contributed by atoms with van der Waals surface area (Å²) in [7, 11) is 0. The van der Waals surface area contributed by atoms with Gasteiger partial charge in [-0.25, -0.2) is 0 Å². The lowest BCUT2D eigenvalue weighted by molar-refractivity contribution is 0.608. The van der Waals surface area contributed by atoms with Crippen molar-refractivity contribution in [2.24, 2.45) is 5.73 Å². The second-order valence-electron chi connectivity index (χ2n) is 5.51. The Morgan fingerprint density at radius 3 is 2.89 bits per heavy atom. The molecule has 104 valence electrons. The lowest BCUT2D eigenvalue weighted by Gasteiger charge is -2.06. The number of nitrogens with zero attached hydrogens (tertiary/aromatic N) is 4. The highest BCUT2D eigenvalue weighted by molar-refractivity contribution is 7.16. The molecular weight excluding hydrogens is 258 g/mol. The van der Waals surface area contributed by atoms with Crippen LogP contribution in [0.3, 0.4) is 0 Å². The fourth-order valence-electron chi connectivity index (χ4n) is 2.83. The summed E-state index contributed by atoms with van der Waals surface area (Å²) in [6.45, 7) is 2.97. The summed E-state index contributed by atoms with van der Waals surface area (Å²) in [5, 5.41) is 14.5. The molecule has 2 aromatic rings. The van der Waals surface area contributed by atoms with Crippen LogP contribution in [0.15, 0.2) is 0 Å². The van der Waals surface area contributed by atoms with Gasteiger partial charge >= 0.3 is 0 Å². The monoisotopic (exact) mass is 279 g/mol. The summed E-state index contributed by atoms with van der Waals surface area (Å²) in [6.07, 6.45) is 7.23. The van der Waals surface area contributed by atoms with Crippen LogP contribution in [0.5, 0.6) is 0 Å². The number of hydrogen-bond donors (Lipinski definition) is 1. The van der Waals surface area contributed by atoms with Crippen molar-refractivity contribution in [1.82, 2.24) is 19.8 Å². The van der Waals surface area contributed by atoms with E-state index in [0.717, 1.165) is 35.2 Å². The van der Waals surface area contributed by atoms with E-state index < -0.39 is 0 Å². The molecule has 1 fully saturated rings. The minimum Gasteiger partial charge on any atom is -0.330 e. The number of fused-ring (bicyclic) bond motifs is 1. The molecule has 0 aliphatic heterocycles. The van der Waals surface area contributed by atoms with E-state index in [1.165, 1.54) is 25.7 Å². The van der Waals surface area contributed by atoms with Crippen molar-refractivity contribution in [2.75, 3.05) is 6.54 Å². The molecule has 2 aromatic heterocycles. The maximum absolute atomic E-state index is 5.57. The molecule has 1 saturated carbocycles. The number of hydrogen-bond acceptors (Lipinski definition) is 5. The van der Waals surface area contributed by atoms with E-state index in [2.05, 4.69) is 17.1 Å². The Kier molecular flexibility index (Phi) is 3.79. The minimum absolute atomic E-state index is 0.465. The molecule has 0 bridgehead atoms. The first-order valence-electron chi connectivity index (χ1n) is 7.21. The maximum atomic E-state index is 5.57. The Labute approximate surface area is 117 Å². The lowest BCUT2D eigenvalue weighted by atomic mass is 10.1. The predicted octanol–water partition coefficient (Wildman–Crippen LogP) is 2.69. The molecule has 1 aliphatic carbocycles. The molecule has 1 atom stereocenters. The highest BCUT2D eigenvalue weighted by Crippen LogP contribution is 2.34. The van der Waals surface area contributed by atoms with E-state index in [1.807, 2.05) is 4.52 Å². The van der Waals surface area contributed by atoms with Crippen molar-refractivity contribution >= 4 is 16.3 Å². The fraction of sp³-hybridized carbons (Fsp3) is 0.769. The summed E-state index contributed by atoms with van der Waals surface area (Å²) >= 11 is 1.67. The largest absolute Gasteiger partial charge is 0.330 e. The molecule has 0 radical (unpaired) electrons. The van der Waals surface area contributed by atoms with Crippen LogP contribution >= 0.6 is 11.3 Å². The van der Waals surface area contributed by atoms with Crippen LogP contribution in [-0.4, -0.2) is 26.4 Å². The summed E-state index contributed by atoms with van der Waals surface area (Å²) in [5.74, 6) is 2.09. The molecular formula is C13H21N5S. The van der Waals surface area contributed by atoms with Gasteiger partial charge in [0.2, 0.25) is 4.96 Å². The van der Waals surface area contributed by atoms with Crippen LogP contribution in [0.25, 0.3) is 4.96 Å². The molecule has 19 heavy (non-hydrogen) atoms. The Bertz CT molecular complexity index is 540. The summed E-state index contributed by atoms with van der Waals surface area (Å²) in [4.78, 5) is 0.941. The second kappa shape index (κ2) is 5.54. The summed E-state index contributed by atoms with van der Waals surface area (Å²) in [6, 6.07) is 0. The van der Waals surface area contributed by atoms with Gasteiger partial charge in [0.15, 0.2) is 5.82 Å².